The van der Waals surface area contributed by atoms with Gasteiger partial charge in [0.2, 0.25) is 10.0 Å². The maximum absolute atomic E-state index is 13.1. The molecule has 1 aliphatic heterocycles. The minimum atomic E-state index is -3.54. The average Bonchev–Trinajstić information content (AvgIpc) is 3.60. The van der Waals surface area contributed by atoms with Crippen LogP contribution in [0.25, 0.3) is 11.0 Å². The first kappa shape index (κ1) is 22.5. The molecule has 8 heteroatoms. The number of aryl methyl sites for hydroxylation is 2. The molecular formula is C25H32N4O3S. The van der Waals surface area contributed by atoms with Gasteiger partial charge in [0.15, 0.2) is 0 Å². The van der Waals surface area contributed by atoms with E-state index in [-0.39, 0.29) is 0 Å². The SMILES string of the molecule is CCn1c(CN(Cc2cccc(C)c2)C2CC2)nc2cc(S(=O)(=O)N3CCOCC3)ccc21. The summed E-state index contributed by atoms with van der Waals surface area (Å²) in [6.07, 6.45) is 2.44. The van der Waals surface area contributed by atoms with Crippen molar-refractivity contribution in [3.8, 4) is 0 Å². The zero-order chi connectivity index (χ0) is 23.0. The summed E-state index contributed by atoms with van der Waals surface area (Å²) in [7, 11) is -3.54. The second-order valence-electron chi connectivity index (χ2n) is 9.06. The molecule has 0 bridgehead atoms. The summed E-state index contributed by atoms with van der Waals surface area (Å²) in [5, 5.41) is 0. The Bertz CT molecular complexity index is 1240. The molecule has 5 rings (SSSR count). The topological polar surface area (TPSA) is 67.7 Å². The summed E-state index contributed by atoms with van der Waals surface area (Å²) in [6.45, 7) is 8.36. The van der Waals surface area contributed by atoms with Gasteiger partial charge in [-0.3, -0.25) is 4.90 Å². The van der Waals surface area contributed by atoms with E-state index in [0.29, 0.717) is 37.2 Å². The van der Waals surface area contributed by atoms with Gasteiger partial charge in [-0.2, -0.15) is 4.31 Å². The molecule has 2 fully saturated rings. The summed E-state index contributed by atoms with van der Waals surface area (Å²) in [6, 6.07) is 14.6. The Balaban J connectivity index is 1.44. The van der Waals surface area contributed by atoms with Gasteiger partial charge in [-0.15, -0.1) is 0 Å². The van der Waals surface area contributed by atoms with Crippen LogP contribution >= 0.6 is 0 Å². The third-order valence-corrected chi connectivity index (χ3v) is 8.49. The van der Waals surface area contributed by atoms with Gasteiger partial charge in [0.05, 0.1) is 35.7 Å². The number of rotatable bonds is 8. The third-order valence-electron chi connectivity index (χ3n) is 6.60. The summed E-state index contributed by atoms with van der Waals surface area (Å²) in [5.41, 5.74) is 4.32. The number of nitrogens with zero attached hydrogens (tertiary/aromatic N) is 4. The monoisotopic (exact) mass is 468 g/mol. The lowest BCUT2D eigenvalue weighted by Gasteiger charge is -2.26. The summed E-state index contributed by atoms with van der Waals surface area (Å²) in [5.74, 6) is 0.993. The van der Waals surface area contributed by atoms with Crippen LogP contribution in [0.4, 0.5) is 0 Å². The van der Waals surface area contributed by atoms with Crippen molar-refractivity contribution in [3.05, 3.63) is 59.4 Å². The molecule has 0 atom stereocenters. The molecule has 7 nitrogen and oxygen atoms in total. The maximum atomic E-state index is 13.1. The summed E-state index contributed by atoms with van der Waals surface area (Å²) >= 11 is 0. The molecule has 176 valence electrons. The number of morpholine rings is 1. The fourth-order valence-electron chi connectivity index (χ4n) is 4.71. The lowest BCUT2D eigenvalue weighted by atomic mass is 10.1. The molecule has 0 radical (unpaired) electrons. The van der Waals surface area contributed by atoms with Crippen LogP contribution in [0.3, 0.4) is 0 Å². The van der Waals surface area contributed by atoms with E-state index in [1.54, 1.807) is 12.1 Å². The molecule has 2 aliphatic rings. The fourth-order valence-corrected chi connectivity index (χ4v) is 6.14. The molecule has 1 saturated heterocycles. The third kappa shape index (κ3) is 4.71. The van der Waals surface area contributed by atoms with Gasteiger partial charge in [-0.1, -0.05) is 29.8 Å². The van der Waals surface area contributed by atoms with Crippen molar-refractivity contribution >= 4 is 21.1 Å². The van der Waals surface area contributed by atoms with Crippen molar-refractivity contribution in [2.24, 2.45) is 0 Å². The summed E-state index contributed by atoms with van der Waals surface area (Å²) in [4.78, 5) is 7.74. The van der Waals surface area contributed by atoms with Crippen LogP contribution in [0.2, 0.25) is 0 Å². The molecular weight excluding hydrogens is 436 g/mol. The van der Waals surface area contributed by atoms with E-state index in [0.717, 1.165) is 36.5 Å². The highest BCUT2D eigenvalue weighted by atomic mass is 32.2. The van der Waals surface area contributed by atoms with E-state index in [9.17, 15) is 8.42 Å². The first-order valence-corrected chi connectivity index (χ1v) is 13.3. The van der Waals surface area contributed by atoms with Gasteiger partial charge in [0, 0.05) is 32.2 Å². The standard InChI is InChI=1S/C25H32N4O3S/c1-3-29-24-10-9-22(33(30,31)28-11-13-32-14-12-28)16-23(24)26-25(29)18-27(21-7-8-21)17-20-6-4-5-19(2)15-20/h4-6,9-10,15-16,21H,3,7-8,11-14,17-18H2,1-2H3. The molecule has 0 spiro atoms. The Morgan fingerprint density at radius 3 is 2.58 bits per heavy atom. The van der Waals surface area contributed by atoms with Crippen LogP contribution in [0, 0.1) is 6.92 Å². The van der Waals surface area contributed by atoms with Crippen molar-refractivity contribution in [1.82, 2.24) is 18.8 Å². The van der Waals surface area contributed by atoms with Crippen LogP contribution in [0.15, 0.2) is 47.4 Å². The van der Waals surface area contributed by atoms with Crippen molar-refractivity contribution in [2.75, 3.05) is 26.3 Å². The van der Waals surface area contributed by atoms with Crippen LogP contribution in [-0.2, 0) is 34.4 Å². The minimum absolute atomic E-state index is 0.308. The van der Waals surface area contributed by atoms with Crippen molar-refractivity contribution in [2.45, 2.75) is 57.3 Å². The normalized spacial score (nSPS) is 17.8. The lowest BCUT2D eigenvalue weighted by Crippen LogP contribution is -2.40. The summed E-state index contributed by atoms with van der Waals surface area (Å²) < 4.78 is 35.3. The Labute approximate surface area is 196 Å². The molecule has 0 N–H and O–H groups in total. The zero-order valence-electron chi connectivity index (χ0n) is 19.4. The molecule has 0 amide bonds. The quantitative estimate of drug-likeness (QED) is 0.506. The van der Waals surface area contributed by atoms with Crippen LogP contribution in [-0.4, -0.2) is 59.5 Å². The highest BCUT2D eigenvalue weighted by Gasteiger charge is 2.31. The van der Waals surface area contributed by atoms with E-state index >= 15 is 0 Å². The molecule has 1 aromatic heterocycles. The van der Waals surface area contributed by atoms with Gasteiger partial charge in [0.25, 0.3) is 0 Å². The van der Waals surface area contributed by atoms with E-state index in [1.807, 2.05) is 6.07 Å². The Morgan fingerprint density at radius 2 is 1.88 bits per heavy atom. The zero-order valence-corrected chi connectivity index (χ0v) is 20.2. The van der Waals surface area contributed by atoms with Crippen LogP contribution in [0.1, 0.15) is 36.7 Å². The number of benzene rings is 2. The predicted molar refractivity (Wildman–Crippen MR) is 128 cm³/mol. The van der Waals surface area contributed by atoms with Crippen molar-refractivity contribution < 1.29 is 13.2 Å². The Morgan fingerprint density at radius 1 is 1.09 bits per heavy atom. The number of sulfonamides is 1. The number of imidazole rings is 1. The van der Waals surface area contributed by atoms with Gasteiger partial charge in [-0.05, 0) is 50.5 Å². The van der Waals surface area contributed by atoms with E-state index in [1.165, 1.54) is 28.3 Å². The molecule has 0 unspecified atom stereocenters. The second-order valence-corrected chi connectivity index (χ2v) is 11.0. The van der Waals surface area contributed by atoms with Crippen molar-refractivity contribution in [1.29, 1.82) is 0 Å². The molecule has 2 aromatic carbocycles. The second kappa shape index (κ2) is 9.18. The minimum Gasteiger partial charge on any atom is -0.379 e. The largest absolute Gasteiger partial charge is 0.379 e. The van der Waals surface area contributed by atoms with Gasteiger partial charge < -0.3 is 9.30 Å². The highest BCUT2D eigenvalue weighted by molar-refractivity contribution is 7.89. The lowest BCUT2D eigenvalue weighted by molar-refractivity contribution is 0.0730. The highest BCUT2D eigenvalue weighted by Crippen LogP contribution is 2.31. The van der Waals surface area contributed by atoms with E-state index in [4.69, 9.17) is 9.72 Å². The predicted octanol–water partition coefficient (Wildman–Crippen LogP) is 3.55. The van der Waals surface area contributed by atoms with Gasteiger partial charge >= 0.3 is 0 Å². The Hall–Kier alpha value is -2.26. The van der Waals surface area contributed by atoms with E-state index in [2.05, 4.69) is 47.6 Å². The molecule has 2 heterocycles. The van der Waals surface area contributed by atoms with Crippen LogP contribution in [0.5, 0.6) is 0 Å². The van der Waals surface area contributed by atoms with Gasteiger partial charge in [-0.25, -0.2) is 13.4 Å². The number of hydrogen-bond acceptors (Lipinski definition) is 5. The number of ether oxygens (including phenoxy) is 1. The number of aromatic nitrogens is 2. The molecule has 1 aliphatic carbocycles. The van der Waals surface area contributed by atoms with E-state index < -0.39 is 10.0 Å². The Kier molecular flexibility index (Phi) is 6.26. The first-order chi connectivity index (χ1) is 16.0. The van der Waals surface area contributed by atoms with Crippen molar-refractivity contribution in [3.63, 3.8) is 0 Å². The number of hydrogen-bond donors (Lipinski definition) is 0. The number of fused-ring (bicyclic) bond motifs is 1. The van der Waals surface area contributed by atoms with Crippen LogP contribution < -0.4 is 0 Å². The molecule has 3 aromatic rings. The maximum Gasteiger partial charge on any atom is 0.243 e. The van der Waals surface area contributed by atoms with Gasteiger partial charge in [0.1, 0.15) is 5.82 Å². The average molecular weight is 469 g/mol. The molecule has 33 heavy (non-hydrogen) atoms. The smallest absolute Gasteiger partial charge is 0.243 e. The first-order valence-electron chi connectivity index (χ1n) is 11.8. The fraction of sp³-hybridized carbons (Fsp3) is 0.480. The molecule has 1 saturated carbocycles.